The summed E-state index contributed by atoms with van der Waals surface area (Å²) in [4.78, 5) is 21.8. The maximum atomic E-state index is 12.4. The zero-order valence-corrected chi connectivity index (χ0v) is 19.2. The van der Waals surface area contributed by atoms with E-state index in [1.54, 1.807) is 0 Å². The summed E-state index contributed by atoms with van der Waals surface area (Å²) < 4.78 is 0. The molecule has 0 atom stereocenters. The lowest BCUT2D eigenvalue weighted by molar-refractivity contribution is -0.122. The van der Waals surface area contributed by atoms with Crippen LogP contribution in [0.3, 0.4) is 0 Å². The van der Waals surface area contributed by atoms with Crippen LogP contribution in [0.25, 0.3) is 0 Å². The van der Waals surface area contributed by atoms with E-state index in [0.717, 1.165) is 68.9 Å². The number of amides is 1. The van der Waals surface area contributed by atoms with Crippen LogP contribution in [0.1, 0.15) is 54.1 Å². The summed E-state index contributed by atoms with van der Waals surface area (Å²) in [5.74, 6) is 1.28. The smallest absolute Gasteiger partial charge is 0.234 e. The number of rotatable bonds is 7. The van der Waals surface area contributed by atoms with Crippen molar-refractivity contribution in [3.05, 3.63) is 58.3 Å². The van der Waals surface area contributed by atoms with Crippen LogP contribution >= 0.6 is 0 Å². The van der Waals surface area contributed by atoms with Crippen LogP contribution in [0.2, 0.25) is 0 Å². The molecule has 1 fully saturated rings. The second-order valence-electron chi connectivity index (χ2n) is 9.12. The molecule has 32 heavy (non-hydrogen) atoms. The van der Waals surface area contributed by atoms with Gasteiger partial charge in [-0.15, -0.1) is 0 Å². The Labute approximate surface area is 191 Å². The molecule has 0 bridgehead atoms. The van der Waals surface area contributed by atoms with Gasteiger partial charge in [0.2, 0.25) is 5.91 Å². The minimum Gasteiger partial charge on any atom is -0.355 e. The van der Waals surface area contributed by atoms with Crippen molar-refractivity contribution >= 4 is 11.7 Å². The minimum atomic E-state index is 0.0739. The molecule has 6 heteroatoms. The fourth-order valence-electron chi connectivity index (χ4n) is 4.87. The molecule has 1 saturated heterocycles. The standard InChI is InChI=1S/C26H33N5O/c1-19(2)25-22-10-6-9-21(22)23(17-27)26(29-25)31-15-13-30(14-16-31)18-24(32)28-12-11-20-7-4-3-5-8-20/h3-5,7-8,19H,6,9-16,18H2,1-2H3,(H,28,32). The van der Waals surface area contributed by atoms with Gasteiger partial charge < -0.3 is 10.2 Å². The normalized spacial score (nSPS) is 16.1. The molecule has 2 aliphatic rings. The van der Waals surface area contributed by atoms with Crippen LogP contribution in [0.4, 0.5) is 5.82 Å². The number of benzene rings is 1. The molecule has 168 valence electrons. The molecule has 1 aromatic carbocycles. The molecule has 1 aliphatic heterocycles. The molecule has 2 heterocycles. The number of carbonyl (C=O) groups is 1. The number of aromatic nitrogens is 1. The molecule has 1 N–H and O–H groups in total. The van der Waals surface area contributed by atoms with E-state index in [2.05, 4.69) is 47.2 Å². The van der Waals surface area contributed by atoms with Gasteiger partial charge >= 0.3 is 0 Å². The van der Waals surface area contributed by atoms with Crippen molar-refractivity contribution in [1.29, 1.82) is 5.26 Å². The van der Waals surface area contributed by atoms with Crippen molar-refractivity contribution in [2.75, 3.05) is 44.2 Å². The third-order valence-corrected chi connectivity index (χ3v) is 6.56. The molecular formula is C26H33N5O. The van der Waals surface area contributed by atoms with E-state index in [1.165, 1.54) is 16.7 Å². The first-order valence-corrected chi connectivity index (χ1v) is 11.8. The first-order valence-electron chi connectivity index (χ1n) is 11.8. The van der Waals surface area contributed by atoms with Gasteiger partial charge in [0.15, 0.2) is 0 Å². The lowest BCUT2D eigenvalue weighted by atomic mass is 9.97. The highest BCUT2D eigenvalue weighted by atomic mass is 16.2. The highest BCUT2D eigenvalue weighted by Crippen LogP contribution is 2.35. The van der Waals surface area contributed by atoms with Gasteiger partial charge in [0.25, 0.3) is 0 Å². The molecule has 4 rings (SSSR count). The van der Waals surface area contributed by atoms with Gasteiger partial charge in [-0.2, -0.15) is 5.26 Å². The SMILES string of the molecule is CC(C)c1nc(N2CCN(CC(=O)NCCc3ccccc3)CC2)c(C#N)c2c1CCC2. The largest absolute Gasteiger partial charge is 0.355 e. The van der Waals surface area contributed by atoms with Gasteiger partial charge in [0.05, 0.1) is 12.1 Å². The van der Waals surface area contributed by atoms with E-state index in [4.69, 9.17) is 4.98 Å². The van der Waals surface area contributed by atoms with Crippen molar-refractivity contribution in [2.24, 2.45) is 0 Å². The summed E-state index contributed by atoms with van der Waals surface area (Å²) in [5.41, 5.74) is 5.70. The van der Waals surface area contributed by atoms with Gasteiger partial charge in [-0.1, -0.05) is 44.2 Å². The number of anilines is 1. The van der Waals surface area contributed by atoms with E-state index >= 15 is 0 Å². The quantitative estimate of drug-likeness (QED) is 0.730. The zero-order valence-electron chi connectivity index (χ0n) is 19.2. The van der Waals surface area contributed by atoms with E-state index in [1.807, 2.05) is 18.2 Å². The van der Waals surface area contributed by atoms with Gasteiger partial charge in [0.1, 0.15) is 11.9 Å². The summed E-state index contributed by atoms with van der Waals surface area (Å²) >= 11 is 0. The fraction of sp³-hybridized carbons (Fsp3) is 0.500. The summed E-state index contributed by atoms with van der Waals surface area (Å²) in [7, 11) is 0. The number of nitriles is 1. The first-order chi connectivity index (χ1) is 15.6. The predicted octanol–water partition coefficient (Wildman–Crippen LogP) is 3.05. The van der Waals surface area contributed by atoms with Crippen LogP contribution in [0.5, 0.6) is 0 Å². The van der Waals surface area contributed by atoms with E-state index < -0.39 is 0 Å². The van der Waals surface area contributed by atoms with Crippen LogP contribution in [-0.2, 0) is 24.1 Å². The van der Waals surface area contributed by atoms with E-state index in [0.29, 0.717) is 19.0 Å². The Morgan fingerprint density at radius 2 is 1.84 bits per heavy atom. The third kappa shape index (κ3) is 4.94. The number of nitrogens with one attached hydrogen (secondary N) is 1. The van der Waals surface area contributed by atoms with Crippen molar-refractivity contribution in [1.82, 2.24) is 15.2 Å². The Balaban J connectivity index is 1.33. The zero-order chi connectivity index (χ0) is 22.5. The lowest BCUT2D eigenvalue weighted by Crippen LogP contribution is -2.50. The van der Waals surface area contributed by atoms with Crippen molar-refractivity contribution in [3.8, 4) is 6.07 Å². The molecule has 0 radical (unpaired) electrons. The number of piperazine rings is 1. The van der Waals surface area contributed by atoms with Gasteiger partial charge in [-0.25, -0.2) is 4.98 Å². The van der Waals surface area contributed by atoms with Crippen molar-refractivity contribution in [2.45, 2.75) is 45.4 Å². The molecule has 0 unspecified atom stereocenters. The second-order valence-corrected chi connectivity index (χ2v) is 9.12. The van der Waals surface area contributed by atoms with E-state index in [9.17, 15) is 10.1 Å². The Hall–Kier alpha value is -2.91. The Morgan fingerprint density at radius 3 is 2.53 bits per heavy atom. The molecule has 0 spiro atoms. The Bertz CT molecular complexity index is 988. The number of hydrogen-bond acceptors (Lipinski definition) is 5. The summed E-state index contributed by atoms with van der Waals surface area (Å²) in [6, 6.07) is 12.7. The number of fused-ring (bicyclic) bond motifs is 1. The van der Waals surface area contributed by atoms with Crippen LogP contribution in [0.15, 0.2) is 30.3 Å². The number of hydrogen-bond donors (Lipinski definition) is 1. The molecular weight excluding hydrogens is 398 g/mol. The first kappa shape index (κ1) is 22.3. The average molecular weight is 432 g/mol. The highest BCUT2D eigenvalue weighted by Gasteiger charge is 2.28. The number of nitrogens with zero attached hydrogens (tertiary/aromatic N) is 4. The third-order valence-electron chi connectivity index (χ3n) is 6.56. The molecule has 1 amide bonds. The number of pyridine rings is 1. The van der Waals surface area contributed by atoms with Crippen molar-refractivity contribution in [3.63, 3.8) is 0 Å². The van der Waals surface area contributed by atoms with Gasteiger partial charge in [0, 0.05) is 38.4 Å². The second kappa shape index (κ2) is 10.1. The monoisotopic (exact) mass is 431 g/mol. The molecule has 1 aliphatic carbocycles. The highest BCUT2D eigenvalue weighted by molar-refractivity contribution is 5.78. The van der Waals surface area contributed by atoms with Crippen LogP contribution in [0, 0.1) is 11.3 Å². The topological polar surface area (TPSA) is 72.3 Å². The number of carbonyl (C=O) groups excluding carboxylic acids is 1. The maximum absolute atomic E-state index is 12.4. The average Bonchev–Trinajstić information content (AvgIpc) is 3.29. The van der Waals surface area contributed by atoms with Crippen LogP contribution in [-0.4, -0.2) is 55.1 Å². The summed E-state index contributed by atoms with van der Waals surface area (Å²) in [6.45, 7) is 8.62. The Kier molecular flexibility index (Phi) is 7.06. The van der Waals surface area contributed by atoms with Crippen molar-refractivity contribution < 1.29 is 4.79 Å². The molecule has 6 nitrogen and oxygen atoms in total. The lowest BCUT2D eigenvalue weighted by Gasteiger charge is -2.36. The summed E-state index contributed by atoms with van der Waals surface area (Å²) in [6.07, 6.45) is 3.98. The molecule has 1 aromatic heterocycles. The maximum Gasteiger partial charge on any atom is 0.234 e. The Morgan fingerprint density at radius 1 is 1.12 bits per heavy atom. The van der Waals surface area contributed by atoms with Gasteiger partial charge in [-0.05, 0) is 48.3 Å². The predicted molar refractivity (Wildman–Crippen MR) is 127 cm³/mol. The molecule has 2 aromatic rings. The van der Waals surface area contributed by atoms with Crippen LogP contribution < -0.4 is 10.2 Å². The minimum absolute atomic E-state index is 0.0739. The molecule has 0 saturated carbocycles. The summed E-state index contributed by atoms with van der Waals surface area (Å²) in [5, 5.41) is 12.9. The fourth-order valence-corrected chi connectivity index (χ4v) is 4.87. The van der Waals surface area contributed by atoms with Gasteiger partial charge in [-0.3, -0.25) is 9.69 Å². The van der Waals surface area contributed by atoms with E-state index in [-0.39, 0.29) is 5.91 Å².